The first-order valence-electron chi connectivity index (χ1n) is 9.09. The molecule has 2 aromatic rings. The minimum Gasteiger partial charge on any atom is -0.308 e. The normalized spacial score (nSPS) is 16.9. The first kappa shape index (κ1) is 16.2. The summed E-state index contributed by atoms with van der Waals surface area (Å²) in [4.78, 5) is 1.80. The van der Waals surface area contributed by atoms with Crippen LogP contribution in [0.4, 0.5) is 0 Å². The monoisotopic (exact) mass is 312 g/mol. The maximum absolute atomic E-state index is 4.67. The molecule has 0 bridgehead atoms. The van der Waals surface area contributed by atoms with Gasteiger partial charge in [-0.25, -0.2) is 0 Å². The van der Waals surface area contributed by atoms with Gasteiger partial charge in [-0.2, -0.15) is 15.0 Å². The lowest BCUT2D eigenvalue weighted by Crippen LogP contribution is -2.29. The highest BCUT2D eigenvalue weighted by atomic mass is 15.5. The molecule has 1 aromatic carbocycles. The van der Waals surface area contributed by atoms with Gasteiger partial charge in [-0.05, 0) is 19.8 Å². The van der Waals surface area contributed by atoms with Crippen molar-refractivity contribution < 1.29 is 0 Å². The van der Waals surface area contributed by atoms with Gasteiger partial charge in [0.2, 0.25) is 0 Å². The van der Waals surface area contributed by atoms with Crippen LogP contribution >= 0.6 is 0 Å². The van der Waals surface area contributed by atoms with E-state index in [4.69, 9.17) is 0 Å². The molecular weight excluding hydrogens is 284 g/mol. The van der Waals surface area contributed by atoms with Crippen LogP contribution in [0.2, 0.25) is 0 Å². The van der Waals surface area contributed by atoms with Gasteiger partial charge in [-0.1, -0.05) is 62.4 Å². The lowest BCUT2D eigenvalue weighted by atomic mass is 9.96. The van der Waals surface area contributed by atoms with Gasteiger partial charge in [0.25, 0.3) is 0 Å². The van der Waals surface area contributed by atoms with Gasteiger partial charge in [0.1, 0.15) is 11.4 Å². The first-order valence-corrected chi connectivity index (χ1v) is 9.09. The molecule has 0 unspecified atom stereocenters. The predicted octanol–water partition coefficient (Wildman–Crippen LogP) is 4.17. The average Bonchev–Trinajstić information content (AvgIpc) is 2.98. The second-order valence-corrected chi connectivity index (χ2v) is 6.47. The molecule has 1 saturated carbocycles. The van der Waals surface area contributed by atoms with Gasteiger partial charge in [0.05, 0.1) is 6.54 Å². The number of nitrogens with one attached hydrogen (secondary N) is 1. The number of aromatic nitrogens is 3. The summed E-state index contributed by atoms with van der Waals surface area (Å²) in [6, 6.07) is 11.0. The fourth-order valence-electron chi connectivity index (χ4n) is 3.36. The highest BCUT2D eigenvalue weighted by molar-refractivity contribution is 5.60. The first-order chi connectivity index (χ1) is 11.4. The number of hydrogen-bond acceptors (Lipinski definition) is 3. The summed E-state index contributed by atoms with van der Waals surface area (Å²) >= 11 is 0. The highest BCUT2D eigenvalue weighted by Crippen LogP contribution is 2.21. The second kappa shape index (κ2) is 8.25. The molecule has 1 N–H and O–H groups in total. The molecule has 0 amide bonds. The predicted molar refractivity (Wildman–Crippen MR) is 94.1 cm³/mol. The average molecular weight is 312 g/mol. The van der Waals surface area contributed by atoms with Crippen molar-refractivity contribution in [1.82, 2.24) is 20.3 Å². The van der Waals surface area contributed by atoms with Crippen molar-refractivity contribution >= 4 is 0 Å². The number of nitrogens with zero attached hydrogens (tertiary/aromatic N) is 3. The molecular formula is C19H28N4. The molecule has 0 saturated heterocycles. The van der Waals surface area contributed by atoms with Crippen LogP contribution in [0.3, 0.4) is 0 Å². The van der Waals surface area contributed by atoms with E-state index in [0.29, 0.717) is 6.04 Å². The van der Waals surface area contributed by atoms with Crippen molar-refractivity contribution in [2.45, 2.75) is 71.0 Å². The lowest BCUT2D eigenvalue weighted by Gasteiger charge is -2.20. The molecule has 0 spiro atoms. The summed E-state index contributed by atoms with van der Waals surface area (Å²) in [5.41, 5.74) is 3.24. The van der Waals surface area contributed by atoms with Crippen molar-refractivity contribution in [3.8, 4) is 11.3 Å². The molecule has 3 rings (SSSR count). The minimum absolute atomic E-state index is 0.630. The van der Waals surface area contributed by atoms with Crippen LogP contribution in [-0.4, -0.2) is 21.0 Å². The molecule has 0 radical (unpaired) electrons. The van der Waals surface area contributed by atoms with E-state index in [1.165, 1.54) is 44.9 Å². The largest absolute Gasteiger partial charge is 0.308 e. The third kappa shape index (κ3) is 4.41. The Labute approximate surface area is 139 Å². The van der Waals surface area contributed by atoms with Crippen LogP contribution in [0.25, 0.3) is 11.3 Å². The minimum atomic E-state index is 0.630. The molecule has 4 heteroatoms. The van der Waals surface area contributed by atoms with Crippen molar-refractivity contribution in [2.75, 3.05) is 0 Å². The fourth-order valence-corrected chi connectivity index (χ4v) is 3.36. The van der Waals surface area contributed by atoms with Gasteiger partial charge in [0.15, 0.2) is 0 Å². The van der Waals surface area contributed by atoms with Crippen LogP contribution in [0.1, 0.15) is 57.6 Å². The van der Waals surface area contributed by atoms with E-state index in [1.807, 2.05) is 6.07 Å². The maximum Gasteiger partial charge on any atom is 0.117 e. The van der Waals surface area contributed by atoms with Crippen molar-refractivity contribution in [3.05, 3.63) is 36.0 Å². The third-order valence-corrected chi connectivity index (χ3v) is 4.72. The number of rotatable bonds is 5. The number of benzene rings is 1. The van der Waals surface area contributed by atoms with E-state index in [2.05, 4.69) is 46.7 Å². The van der Waals surface area contributed by atoms with E-state index in [1.54, 1.807) is 4.80 Å². The molecule has 0 atom stereocenters. The second-order valence-electron chi connectivity index (χ2n) is 6.47. The Balaban J connectivity index is 1.70. The zero-order valence-corrected chi connectivity index (χ0v) is 14.2. The Kier molecular flexibility index (Phi) is 5.81. The standard InChI is InChI=1S/C19H28N4/c1-2-23-21-18(19(22-23)16-11-7-6-8-12-16)15-20-17-13-9-4-3-5-10-14-17/h6-8,11-12,17,20H,2-5,9-10,13-15H2,1H3. The summed E-state index contributed by atoms with van der Waals surface area (Å²) in [7, 11) is 0. The Hall–Kier alpha value is -1.68. The highest BCUT2D eigenvalue weighted by Gasteiger charge is 2.15. The fraction of sp³-hybridized carbons (Fsp3) is 0.579. The molecule has 1 fully saturated rings. The van der Waals surface area contributed by atoms with Crippen LogP contribution in [-0.2, 0) is 13.1 Å². The summed E-state index contributed by atoms with van der Waals surface area (Å²) < 4.78 is 0. The van der Waals surface area contributed by atoms with Crippen molar-refractivity contribution in [2.24, 2.45) is 0 Å². The topological polar surface area (TPSA) is 42.7 Å². The SMILES string of the molecule is CCn1nc(CNC2CCCCCCC2)c(-c2ccccc2)n1. The molecule has 124 valence electrons. The van der Waals surface area contributed by atoms with Gasteiger partial charge < -0.3 is 5.32 Å². The maximum atomic E-state index is 4.67. The van der Waals surface area contributed by atoms with Crippen LogP contribution in [0.15, 0.2) is 30.3 Å². The van der Waals surface area contributed by atoms with E-state index >= 15 is 0 Å². The van der Waals surface area contributed by atoms with E-state index < -0.39 is 0 Å². The summed E-state index contributed by atoms with van der Waals surface area (Å²) in [6.07, 6.45) is 9.48. The summed E-state index contributed by atoms with van der Waals surface area (Å²) in [5.74, 6) is 0. The molecule has 23 heavy (non-hydrogen) atoms. The van der Waals surface area contributed by atoms with E-state index in [-0.39, 0.29) is 0 Å². The van der Waals surface area contributed by atoms with E-state index in [0.717, 1.165) is 30.0 Å². The molecule has 1 heterocycles. The molecule has 1 aromatic heterocycles. The van der Waals surface area contributed by atoms with E-state index in [9.17, 15) is 0 Å². The quantitative estimate of drug-likeness (QED) is 0.901. The molecule has 4 nitrogen and oxygen atoms in total. The van der Waals surface area contributed by atoms with Gasteiger partial charge in [0, 0.05) is 18.2 Å². The van der Waals surface area contributed by atoms with Crippen LogP contribution < -0.4 is 5.32 Å². The number of aryl methyl sites for hydroxylation is 1. The van der Waals surface area contributed by atoms with Gasteiger partial charge in [-0.3, -0.25) is 0 Å². The van der Waals surface area contributed by atoms with Crippen LogP contribution in [0, 0.1) is 0 Å². The Bertz CT molecular complexity index is 583. The lowest BCUT2D eigenvalue weighted by molar-refractivity contribution is 0.386. The van der Waals surface area contributed by atoms with Gasteiger partial charge in [-0.15, -0.1) is 0 Å². The summed E-state index contributed by atoms with van der Waals surface area (Å²) in [6.45, 7) is 3.71. The van der Waals surface area contributed by atoms with Crippen molar-refractivity contribution in [1.29, 1.82) is 0 Å². The summed E-state index contributed by atoms with van der Waals surface area (Å²) in [5, 5.41) is 13.1. The third-order valence-electron chi connectivity index (χ3n) is 4.72. The smallest absolute Gasteiger partial charge is 0.117 e. The van der Waals surface area contributed by atoms with Crippen LogP contribution in [0.5, 0.6) is 0 Å². The zero-order chi connectivity index (χ0) is 15.9. The van der Waals surface area contributed by atoms with Gasteiger partial charge >= 0.3 is 0 Å². The Morgan fingerprint density at radius 1 is 1.00 bits per heavy atom. The van der Waals surface area contributed by atoms with Crippen molar-refractivity contribution in [3.63, 3.8) is 0 Å². The Morgan fingerprint density at radius 3 is 2.39 bits per heavy atom. The molecule has 0 aliphatic heterocycles. The Morgan fingerprint density at radius 2 is 1.70 bits per heavy atom. The zero-order valence-electron chi connectivity index (χ0n) is 14.2. The molecule has 1 aliphatic rings. The number of hydrogen-bond donors (Lipinski definition) is 1. The molecule has 1 aliphatic carbocycles.